The normalized spacial score (nSPS) is 10.0. The molecule has 0 saturated carbocycles. The van der Waals surface area contributed by atoms with Crippen molar-refractivity contribution in [2.45, 2.75) is 27.3 Å². The molecule has 0 aliphatic rings. The van der Waals surface area contributed by atoms with Gasteiger partial charge in [0.25, 0.3) is 0 Å². The lowest BCUT2D eigenvalue weighted by molar-refractivity contribution is 0.326. The summed E-state index contributed by atoms with van der Waals surface area (Å²) >= 11 is 0. The summed E-state index contributed by atoms with van der Waals surface area (Å²) in [5.41, 5.74) is 4.06. The Balaban J connectivity index is 2.17. The van der Waals surface area contributed by atoms with Crippen LogP contribution in [0.25, 0.3) is 0 Å². The van der Waals surface area contributed by atoms with Crippen LogP contribution in [0, 0.1) is 25.2 Å². The van der Waals surface area contributed by atoms with Crippen LogP contribution in [0.4, 0.5) is 5.69 Å². The molecule has 0 aromatic carbocycles. The fraction of sp³-hybridized carbons (Fsp3) is 0.312. The number of hydrogen-bond acceptors (Lipinski definition) is 5. The van der Waals surface area contributed by atoms with Crippen LogP contribution in [0.5, 0.6) is 5.88 Å². The summed E-state index contributed by atoms with van der Waals surface area (Å²) in [6.45, 7) is 6.87. The van der Waals surface area contributed by atoms with E-state index in [0.717, 1.165) is 22.6 Å². The van der Waals surface area contributed by atoms with E-state index in [0.29, 0.717) is 24.6 Å². The molecule has 2 aromatic rings. The smallest absolute Gasteiger partial charge is 0.213 e. The number of nitriles is 1. The Morgan fingerprint density at radius 2 is 2.14 bits per heavy atom. The van der Waals surface area contributed by atoms with Gasteiger partial charge in [-0.2, -0.15) is 5.26 Å². The Kier molecular flexibility index (Phi) is 4.72. The van der Waals surface area contributed by atoms with Crippen molar-refractivity contribution in [3.05, 3.63) is 46.9 Å². The second kappa shape index (κ2) is 6.71. The number of ether oxygens (including phenoxy) is 1. The molecule has 0 bridgehead atoms. The third kappa shape index (κ3) is 3.69. The van der Waals surface area contributed by atoms with Crippen LogP contribution in [0.2, 0.25) is 0 Å². The van der Waals surface area contributed by atoms with E-state index in [1.165, 1.54) is 0 Å². The minimum Gasteiger partial charge on any atom is -0.478 e. The molecule has 2 heterocycles. The Labute approximate surface area is 124 Å². The maximum Gasteiger partial charge on any atom is 0.213 e. The van der Waals surface area contributed by atoms with E-state index in [4.69, 9.17) is 4.74 Å². The van der Waals surface area contributed by atoms with Crippen molar-refractivity contribution in [2.75, 3.05) is 11.9 Å². The first-order chi connectivity index (χ1) is 10.1. The van der Waals surface area contributed by atoms with Crippen molar-refractivity contribution < 1.29 is 4.74 Å². The molecule has 108 valence electrons. The predicted octanol–water partition coefficient (Wildman–Crippen LogP) is 2.98. The monoisotopic (exact) mass is 282 g/mol. The summed E-state index contributed by atoms with van der Waals surface area (Å²) < 4.78 is 5.38. The number of hydrogen-bond donors (Lipinski definition) is 1. The fourth-order valence-electron chi connectivity index (χ4n) is 2.09. The molecule has 0 unspecified atom stereocenters. The van der Waals surface area contributed by atoms with Gasteiger partial charge in [0, 0.05) is 24.5 Å². The van der Waals surface area contributed by atoms with Gasteiger partial charge in [-0.05, 0) is 38.5 Å². The molecule has 5 nitrogen and oxygen atoms in total. The van der Waals surface area contributed by atoms with Gasteiger partial charge in [-0.3, -0.25) is 4.98 Å². The van der Waals surface area contributed by atoms with E-state index in [-0.39, 0.29) is 0 Å². The van der Waals surface area contributed by atoms with Crippen molar-refractivity contribution in [2.24, 2.45) is 0 Å². The summed E-state index contributed by atoms with van der Waals surface area (Å²) in [6, 6.07) is 7.89. The Hall–Kier alpha value is -2.61. The highest BCUT2D eigenvalue weighted by Crippen LogP contribution is 2.20. The van der Waals surface area contributed by atoms with E-state index >= 15 is 0 Å². The van der Waals surface area contributed by atoms with Crippen molar-refractivity contribution in [3.8, 4) is 11.9 Å². The van der Waals surface area contributed by atoms with Crippen molar-refractivity contribution in [3.63, 3.8) is 0 Å². The molecule has 0 atom stereocenters. The summed E-state index contributed by atoms with van der Waals surface area (Å²) in [6.07, 6.45) is 1.72. The number of nitrogens with one attached hydrogen (secondary N) is 1. The zero-order chi connectivity index (χ0) is 15.2. The van der Waals surface area contributed by atoms with Gasteiger partial charge >= 0.3 is 0 Å². The van der Waals surface area contributed by atoms with Crippen LogP contribution >= 0.6 is 0 Å². The highest BCUT2D eigenvalue weighted by atomic mass is 16.5. The van der Waals surface area contributed by atoms with Crippen LogP contribution < -0.4 is 10.1 Å². The second-order valence-electron chi connectivity index (χ2n) is 4.67. The summed E-state index contributed by atoms with van der Waals surface area (Å²) in [5, 5.41) is 12.5. The molecule has 5 heteroatoms. The third-order valence-corrected chi connectivity index (χ3v) is 3.01. The first kappa shape index (κ1) is 14.8. The minimum atomic E-state index is 0.583. The van der Waals surface area contributed by atoms with E-state index in [2.05, 4.69) is 21.4 Å². The number of aromatic nitrogens is 2. The summed E-state index contributed by atoms with van der Waals surface area (Å²) in [5.74, 6) is 0.611. The van der Waals surface area contributed by atoms with Crippen LogP contribution in [0.3, 0.4) is 0 Å². The van der Waals surface area contributed by atoms with Crippen LogP contribution in [0.1, 0.15) is 29.4 Å². The van der Waals surface area contributed by atoms with Gasteiger partial charge in [-0.1, -0.05) is 0 Å². The van der Waals surface area contributed by atoms with Gasteiger partial charge < -0.3 is 10.1 Å². The predicted molar refractivity (Wildman–Crippen MR) is 81.2 cm³/mol. The molecule has 0 aliphatic heterocycles. The van der Waals surface area contributed by atoms with E-state index in [1.807, 2.05) is 39.0 Å². The first-order valence-electron chi connectivity index (χ1n) is 6.84. The average Bonchev–Trinajstić information content (AvgIpc) is 2.45. The van der Waals surface area contributed by atoms with Crippen LogP contribution in [-0.4, -0.2) is 16.6 Å². The quantitative estimate of drug-likeness (QED) is 0.912. The van der Waals surface area contributed by atoms with E-state index < -0.39 is 0 Å². The lowest BCUT2D eigenvalue weighted by atomic mass is 10.1. The Morgan fingerprint density at radius 1 is 1.33 bits per heavy atom. The van der Waals surface area contributed by atoms with Gasteiger partial charge in [-0.15, -0.1) is 0 Å². The van der Waals surface area contributed by atoms with Crippen molar-refractivity contribution >= 4 is 5.69 Å². The van der Waals surface area contributed by atoms with Crippen LogP contribution in [-0.2, 0) is 6.54 Å². The van der Waals surface area contributed by atoms with Gasteiger partial charge in [0.05, 0.1) is 23.6 Å². The minimum absolute atomic E-state index is 0.583. The number of rotatable bonds is 5. The summed E-state index contributed by atoms with van der Waals surface area (Å²) in [4.78, 5) is 8.44. The van der Waals surface area contributed by atoms with Crippen molar-refractivity contribution in [1.29, 1.82) is 5.26 Å². The molecule has 0 fully saturated rings. The molecule has 2 rings (SSSR count). The molecule has 0 amide bonds. The molecule has 0 saturated heterocycles. The molecular formula is C16H18N4O. The van der Waals surface area contributed by atoms with Crippen molar-refractivity contribution in [1.82, 2.24) is 9.97 Å². The fourth-order valence-corrected chi connectivity index (χ4v) is 2.09. The molecule has 0 radical (unpaired) electrons. The maximum absolute atomic E-state index is 9.24. The Morgan fingerprint density at radius 3 is 2.86 bits per heavy atom. The molecule has 21 heavy (non-hydrogen) atoms. The largest absolute Gasteiger partial charge is 0.478 e. The number of nitrogens with zero attached hydrogens (tertiary/aromatic N) is 3. The van der Waals surface area contributed by atoms with Gasteiger partial charge in [0.2, 0.25) is 5.88 Å². The standard InChI is InChI=1S/C16H18N4O/c1-4-21-16-8-13(5-6-18-16)10-19-15-7-11(2)20-12(3)14(15)9-17/h5-8H,4,10H2,1-3H3,(H,19,20). The molecule has 1 N–H and O–H groups in total. The van der Waals surface area contributed by atoms with Gasteiger partial charge in [0.15, 0.2) is 0 Å². The average molecular weight is 282 g/mol. The molecule has 0 aliphatic carbocycles. The van der Waals surface area contributed by atoms with E-state index in [9.17, 15) is 5.26 Å². The highest BCUT2D eigenvalue weighted by molar-refractivity contribution is 5.60. The lowest BCUT2D eigenvalue weighted by Crippen LogP contribution is -2.05. The second-order valence-corrected chi connectivity index (χ2v) is 4.67. The highest BCUT2D eigenvalue weighted by Gasteiger charge is 2.08. The number of pyridine rings is 2. The van der Waals surface area contributed by atoms with E-state index in [1.54, 1.807) is 6.20 Å². The third-order valence-electron chi connectivity index (χ3n) is 3.01. The van der Waals surface area contributed by atoms with Gasteiger partial charge in [-0.25, -0.2) is 4.98 Å². The lowest BCUT2D eigenvalue weighted by Gasteiger charge is -2.11. The number of anilines is 1. The first-order valence-corrected chi connectivity index (χ1v) is 6.84. The zero-order valence-corrected chi connectivity index (χ0v) is 12.5. The summed E-state index contributed by atoms with van der Waals surface area (Å²) in [7, 11) is 0. The molecular weight excluding hydrogens is 264 g/mol. The molecule has 2 aromatic heterocycles. The van der Waals surface area contributed by atoms with Crippen LogP contribution in [0.15, 0.2) is 24.4 Å². The van der Waals surface area contributed by atoms with Gasteiger partial charge in [0.1, 0.15) is 6.07 Å². The molecule has 0 spiro atoms. The zero-order valence-electron chi connectivity index (χ0n) is 12.5. The topological polar surface area (TPSA) is 70.8 Å². The maximum atomic E-state index is 9.24. The SMILES string of the molecule is CCOc1cc(CNc2cc(C)nc(C)c2C#N)ccn1. The number of aryl methyl sites for hydroxylation is 2. The Bertz CT molecular complexity index is 676.